The summed E-state index contributed by atoms with van der Waals surface area (Å²) in [4.78, 5) is 13.9. The number of ether oxygens (including phenoxy) is 4. The minimum atomic E-state index is 0.629. The van der Waals surface area contributed by atoms with Crippen molar-refractivity contribution in [2.45, 2.75) is 39.8 Å². The van der Waals surface area contributed by atoms with Gasteiger partial charge in [0, 0.05) is 63.2 Å². The number of hydrogen-bond donors (Lipinski definition) is 1. The summed E-state index contributed by atoms with van der Waals surface area (Å²) in [5.74, 6) is 3.48. The van der Waals surface area contributed by atoms with Crippen molar-refractivity contribution in [1.29, 1.82) is 0 Å². The molecule has 0 spiro atoms. The van der Waals surface area contributed by atoms with E-state index in [9.17, 15) is 0 Å². The molecule has 11 nitrogen and oxygen atoms in total. The van der Waals surface area contributed by atoms with Crippen molar-refractivity contribution in [2.75, 3.05) is 70.6 Å². The van der Waals surface area contributed by atoms with E-state index in [1.54, 1.807) is 0 Å². The summed E-state index contributed by atoms with van der Waals surface area (Å²) in [6.07, 6.45) is 5.89. The number of piperazine rings is 1. The van der Waals surface area contributed by atoms with E-state index in [0.29, 0.717) is 33.0 Å². The largest absolute Gasteiger partial charge is 0.494 e. The molecule has 1 fully saturated rings. The van der Waals surface area contributed by atoms with Crippen molar-refractivity contribution in [1.82, 2.24) is 24.0 Å². The van der Waals surface area contributed by atoms with E-state index in [1.165, 1.54) is 11.2 Å². The van der Waals surface area contributed by atoms with Crippen molar-refractivity contribution in [3.63, 3.8) is 0 Å². The molecule has 47 heavy (non-hydrogen) atoms. The topological polar surface area (TPSA) is 105 Å². The number of fused-ring (bicyclic) bond motifs is 3. The lowest BCUT2D eigenvalue weighted by Crippen LogP contribution is -2.46. The molecule has 7 rings (SSSR count). The van der Waals surface area contributed by atoms with Crippen molar-refractivity contribution in [2.24, 2.45) is 5.73 Å². The third-order valence-electron chi connectivity index (χ3n) is 8.55. The SMILES string of the molecule is CCOc1ccc2c(c1)ncn2CCCN.CCOc1ccc2c(c1)ncn2CCCN1CCN(c2ccc3c(c2)OCCO3)CC1. The minimum Gasteiger partial charge on any atom is -0.494 e. The third-order valence-corrected chi connectivity index (χ3v) is 8.55. The summed E-state index contributed by atoms with van der Waals surface area (Å²) >= 11 is 0. The van der Waals surface area contributed by atoms with Crippen LogP contribution in [-0.2, 0) is 13.1 Å². The monoisotopic (exact) mass is 641 g/mol. The van der Waals surface area contributed by atoms with Gasteiger partial charge in [-0.3, -0.25) is 4.90 Å². The molecule has 0 aliphatic carbocycles. The fraction of sp³-hybridized carbons (Fsp3) is 0.444. The number of benzene rings is 3. The van der Waals surface area contributed by atoms with Crippen molar-refractivity contribution < 1.29 is 18.9 Å². The highest BCUT2D eigenvalue weighted by molar-refractivity contribution is 5.77. The molecule has 2 aliphatic heterocycles. The molecular formula is C36H47N7O4. The van der Waals surface area contributed by atoms with Crippen molar-refractivity contribution in [3.8, 4) is 23.0 Å². The van der Waals surface area contributed by atoms with Crippen LogP contribution in [0.3, 0.4) is 0 Å². The standard InChI is InChI=1S/C24H30N4O3.C12H17N3O/c1-2-29-20-5-6-22-21(17-20)25-18-28(22)9-3-8-26-10-12-27(13-11-26)19-4-7-23-24(16-19)31-15-14-30-23;1-2-16-10-4-5-12-11(8-10)14-9-15(12)7-3-6-13/h4-7,16-18H,2-3,8-15H2,1H3;4-5,8-9H,2-3,6-7,13H2,1H3. The first-order valence-corrected chi connectivity index (χ1v) is 16.9. The lowest BCUT2D eigenvalue weighted by Gasteiger charge is -2.36. The Bertz CT molecular complexity index is 1730. The van der Waals surface area contributed by atoms with Crippen LogP contribution in [0.5, 0.6) is 23.0 Å². The fourth-order valence-corrected chi connectivity index (χ4v) is 6.14. The molecular weight excluding hydrogens is 594 g/mol. The predicted octanol–water partition coefficient (Wildman–Crippen LogP) is 5.20. The Labute approximate surface area is 276 Å². The molecule has 0 bridgehead atoms. The van der Waals surface area contributed by atoms with Crippen molar-refractivity contribution >= 4 is 27.8 Å². The molecule has 2 aromatic heterocycles. The first-order chi connectivity index (χ1) is 23.1. The molecule has 2 N–H and O–H groups in total. The molecule has 2 aliphatic rings. The number of nitrogens with zero attached hydrogens (tertiary/aromatic N) is 6. The van der Waals surface area contributed by atoms with E-state index in [1.807, 2.05) is 62.9 Å². The van der Waals surface area contributed by atoms with E-state index in [-0.39, 0.29) is 0 Å². The lowest BCUT2D eigenvalue weighted by atomic mass is 10.2. The van der Waals surface area contributed by atoms with E-state index in [2.05, 4.69) is 47.1 Å². The summed E-state index contributed by atoms with van der Waals surface area (Å²) in [5.41, 5.74) is 11.0. The number of hydrogen-bond acceptors (Lipinski definition) is 9. The molecule has 0 atom stereocenters. The maximum atomic E-state index is 5.74. The van der Waals surface area contributed by atoms with Crippen LogP contribution in [-0.4, -0.2) is 89.7 Å². The van der Waals surface area contributed by atoms with Gasteiger partial charge < -0.3 is 38.7 Å². The highest BCUT2D eigenvalue weighted by Crippen LogP contribution is 2.34. The van der Waals surface area contributed by atoms with Gasteiger partial charge in [0.2, 0.25) is 0 Å². The van der Waals surface area contributed by atoms with Gasteiger partial charge in [-0.05, 0) is 76.2 Å². The lowest BCUT2D eigenvalue weighted by molar-refractivity contribution is 0.171. The van der Waals surface area contributed by atoms with Gasteiger partial charge in [-0.1, -0.05) is 0 Å². The van der Waals surface area contributed by atoms with Gasteiger partial charge in [0.05, 0.1) is 47.9 Å². The maximum Gasteiger partial charge on any atom is 0.163 e. The molecule has 250 valence electrons. The summed E-state index contributed by atoms with van der Waals surface area (Å²) in [6, 6.07) is 18.4. The van der Waals surface area contributed by atoms with Gasteiger partial charge in [0.1, 0.15) is 24.7 Å². The molecule has 3 aromatic carbocycles. The highest BCUT2D eigenvalue weighted by atomic mass is 16.6. The second kappa shape index (κ2) is 15.9. The minimum absolute atomic E-state index is 0.629. The number of rotatable bonds is 12. The normalized spacial score (nSPS) is 14.7. The first kappa shape index (κ1) is 32.5. The van der Waals surface area contributed by atoms with Gasteiger partial charge in [0.15, 0.2) is 11.5 Å². The Balaban J connectivity index is 0.000000203. The molecule has 5 aromatic rings. The van der Waals surface area contributed by atoms with E-state index < -0.39 is 0 Å². The van der Waals surface area contributed by atoms with E-state index >= 15 is 0 Å². The smallest absolute Gasteiger partial charge is 0.163 e. The maximum absolute atomic E-state index is 5.74. The molecule has 0 radical (unpaired) electrons. The number of aromatic nitrogens is 4. The van der Waals surface area contributed by atoms with Crippen LogP contribution in [0, 0.1) is 0 Å². The van der Waals surface area contributed by atoms with Gasteiger partial charge >= 0.3 is 0 Å². The zero-order valence-corrected chi connectivity index (χ0v) is 27.6. The Hall–Kier alpha value is -4.48. The Morgan fingerprint density at radius 2 is 1.28 bits per heavy atom. The highest BCUT2D eigenvalue weighted by Gasteiger charge is 2.19. The zero-order valence-electron chi connectivity index (χ0n) is 27.6. The average molecular weight is 642 g/mol. The molecule has 1 saturated heterocycles. The summed E-state index contributed by atoms with van der Waals surface area (Å²) < 4.78 is 26.8. The van der Waals surface area contributed by atoms with Crippen LogP contribution in [0.1, 0.15) is 26.7 Å². The van der Waals surface area contributed by atoms with Crippen LogP contribution in [0.2, 0.25) is 0 Å². The van der Waals surface area contributed by atoms with Crippen LogP contribution >= 0.6 is 0 Å². The summed E-state index contributed by atoms with van der Waals surface area (Å²) in [5, 5.41) is 0. The Kier molecular flexibility index (Phi) is 11.0. The quantitative estimate of drug-likeness (QED) is 0.197. The van der Waals surface area contributed by atoms with Crippen LogP contribution in [0.4, 0.5) is 5.69 Å². The zero-order chi connectivity index (χ0) is 32.4. The predicted molar refractivity (Wildman–Crippen MR) is 186 cm³/mol. The summed E-state index contributed by atoms with van der Waals surface area (Å²) in [6.45, 7) is 14.5. The second-order valence-corrected chi connectivity index (χ2v) is 11.7. The van der Waals surface area contributed by atoms with Crippen LogP contribution in [0.15, 0.2) is 67.3 Å². The Morgan fingerprint density at radius 1 is 0.681 bits per heavy atom. The molecule has 0 amide bonds. The molecule has 0 saturated carbocycles. The van der Waals surface area contributed by atoms with Crippen LogP contribution < -0.4 is 29.6 Å². The molecule has 4 heterocycles. The van der Waals surface area contributed by atoms with E-state index in [0.717, 1.165) is 98.2 Å². The van der Waals surface area contributed by atoms with Gasteiger partial charge in [0.25, 0.3) is 0 Å². The number of nitrogens with two attached hydrogens (primary N) is 1. The molecule has 11 heteroatoms. The fourth-order valence-electron chi connectivity index (χ4n) is 6.14. The van der Waals surface area contributed by atoms with Gasteiger partial charge in [-0.25, -0.2) is 9.97 Å². The third kappa shape index (κ3) is 8.09. The molecule has 0 unspecified atom stereocenters. The second-order valence-electron chi connectivity index (χ2n) is 11.7. The summed E-state index contributed by atoms with van der Waals surface area (Å²) in [7, 11) is 0. The van der Waals surface area contributed by atoms with Crippen LogP contribution in [0.25, 0.3) is 22.1 Å². The van der Waals surface area contributed by atoms with E-state index in [4.69, 9.17) is 24.7 Å². The number of aryl methyl sites for hydroxylation is 2. The van der Waals surface area contributed by atoms with Crippen molar-refractivity contribution in [3.05, 3.63) is 67.3 Å². The first-order valence-electron chi connectivity index (χ1n) is 16.9. The average Bonchev–Trinajstić information content (AvgIpc) is 3.71. The number of anilines is 1. The Morgan fingerprint density at radius 3 is 1.87 bits per heavy atom. The number of imidazole rings is 2. The van der Waals surface area contributed by atoms with Gasteiger partial charge in [-0.15, -0.1) is 0 Å². The van der Waals surface area contributed by atoms with Gasteiger partial charge in [-0.2, -0.15) is 0 Å².